The van der Waals surface area contributed by atoms with E-state index in [1.54, 1.807) is 0 Å². The molecule has 0 amide bonds. The Kier molecular flexibility index (Phi) is 3.02. The van der Waals surface area contributed by atoms with E-state index in [1.165, 1.54) is 16.7 Å². The van der Waals surface area contributed by atoms with E-state index in [0.29, 0.717) is 6.42 Å². The van der Waals surface area contributed by atoms with E-state index < -0.39 is 0 Å². The van der Waals surface area contributed by atoms with Gasteiger partial charge in [0.25, 0.3) is 0 Å². The van der Waals surface area contributed by atoms with Crippen molar-refractivity contribution in [3.63, 3.8) is 0 Å². The molecule has 0 spiro atoms. The van der Waals surface area contributed by atoms with Crippen LogP contribution in [0.1, 0.15) is 51.0 Å². The highest BCUT2D eigenvalue weighted by molar-refractivity contribution is 6.06. The van der Waals surface area contributed by atoms with E-state index >= 15 is 0 Å². The number of carbonyl (C=O) groups excluding carboxylic acids is 1. The fourth-order valence-corrected chi connectivity index (χ4v) is 2.76. The molecule has 0 saturated heterocycles. The number of hydrogen-bond donors (Lipinski definition) is 0. The van der Waals surface area contributed by atoms with Crippen LogP contribution in [0.5, 0.6) is 0 Å². The fraction of sp³-hybridized carbons (Fsp3) is 0.353. The molecule has 1 nitrogen and oxygen atoms in total. The highest BCUT2D eigenvalue weighted by Gasteiger charge is 2.25. The lowest BCUT2D eigenvalue weighted by molar-refractivity contribution is 0.0983. The summed E-state index contributed by atoms with van der Waals surface area (Å²) in [7, 11) is 0. The molecule has 1 heteroatoms. The number of hydrogen-bond acceptors (Lipinski definition) is 1. The SMILES string of the molecule is C=C1CCC(=O)c2c(C)c(C)c(C)c(C)c2C1=C. The van der Waals surface area contributed by atoms with Crippen LogP contribution in [0.15, 0.2) is 18.7 Å². The normalized spacial score (nSPS) is 15.7. The van der Waals surface area contributed by atoms with Crippen molar-refractivity contribution in [2.24, 2.45) is 0 Å². The lowest BCUT2D eigenvalue weighted by Gasteiger charge is -2.19. The Labute approximate surface area is 109 Å². The maximum absolute atomic E-state index is 12.4. The molecule has 0 aliphatic heterocycles. The molecule has 2 rings (SSSR count). The van der Waals surface area contributed by atoms with Crippen molar-refractivity contribution in [1.82, 2.24) is 0 Å². The first-order chi connectivity index (χ1) is 8.36. The average molecular weight is 240 g/mol. The molecule has 1 aliphatic rings. The summed E-state index contributed by atoms with van der Waals surface area (Å²) in [4.78, 5) is 12.4. The maximum Gasteiger partial charge on any atom is 0.164 e. The smallest absolute Gasteiger partial charge is 0.164 e. The third-order valence-electron chi connectivity index (χ3n) is 4.35. The summed E-state index contributed by atoms with van der Waals surface area (Å²) in [6.45, 7) is 16.5. The Morgan fingerprint density at radius 1 is 0.778 bits per heavy atom. The van der Waals surface area contributed by atoms with Gasteiger partial charge < -0.3 is 0 Å². The van der Waals surface area contributed by atoms with Crippen LogP contribution in [-0.2, 0) is 0 Å². The minimum atomic E-state index is 0.230. The molecule has 18 heavy (non-hydrogen) atoms. The molecular formula is C17H20O. The second-order valence-corrected chi connectivity index (χ2v) is 5.26. The van der Waals surface area contributed by atoms with Gasteiger partial charge in [-0.3, -0.25) is 4.79 Å². The summed E-state index contributed by atoms with van der Waals surface area (Å²) in [5, 5.41) is 0. The van der Waals surface area contributed by atoms with Crippen LogP contribution >= 0.6 is 0 Å². The van der Waals surface area contributed by atoms with Crippen molar-refractivity contribution in [2.75, 3.05) is 0 Å². The van der Waals surface area contributed by atoms with Gasteiger partial charge in [-0.1, -0.05) is 13.2 Å². The van der Waals surface area contributed by atoms with Crippen LogP contribution in [0, 0.1) is 27.7 Å². The summed E-state index contributed by atoms with van der Waals surface area (Å²) in [6, 6.07) is 0. The van der Waals surface area contributed by atoms with Crippen LogP contribution in [0.2, 0.25) is 0 Å². The zero-order valence-electron chi connectivity index (χ0n) is 11.7. The maximum atomic E-state index is 12.4. The topological polar surface area (TPSA) is 17.1 Å². The number of carbonyl (C=O) groups is 1. The van der Waals surface area contributed by atoms with Gasteiger partial charge in [-0.05, 0) is 73.1 Å². The van der Waals surface area contributed by atoms with Crippen molar-refractivity contribution in [2.45, 2.75) is 40.5 Å². The van der Waals surface area contributed by atoms with Gasteiger partial charge in [0.05, 0.1) is 0 Å². The molecule has 0 heterocycles. The molecular weight excluding hydrogens is 220 g/mol. The Balaban J connectivity index is 2.91. The van der Waals surface area contributed by atoms with E-state index in [-0.39, 0.29) is 5.78 Å². The summed E-state index contributed by atoms with van der Waals surface area (Å²) < 4.78 is 0. The molecule has 0 bridgehead atoms. The largest absolute Gasteiger partial charge is 0.294 e. The summed E-state index contributed by atoms with van der Waals surface area (Å²) in [5.41, 5.74) is 8.60. The van der Waals surface area contributed by atoms with Crippen LogP contribution in [0.4, 0.5) is 0 Å². The number of Topliss-reactive ketones (excluding diaryl/α,β-unsaturated/α-hetero) is 1. The van der Waals surface area contributed by atoms with Gasteiger partial charge in [0, 0.05) is 12.0 Å². The Morgan fingerprint density at radius 3 is 1.83 bits per heavy atom. The van der Waals surface area contributed by atoms with Crippen LogP contribution in [0.3, 0.4) is 0 Å². The van der Waals surface area contributed by atoms with Crippen molar-refractivity contribution in [3.8, 4) is 0 Å². The number of fused-ring (bicyclic) bond motifs is 1. The molecule has 1 aromatic carbocycles. The predicted molar refractivity (Wildman–Crippen MR) is 77.1 cm³/mol. The molecule has 0 N–H and O–H groups in total. The molecule has 0 unspecified atom stereocenters. The first-order valence-corrected chi connectivity index (χ1v) is 6.37. The van der Waals surface area contributed by atoms with Gasteiger partial charge in [-0.2, -0.15) is 0 Å². The molecule has 1 aromatic rings. The summed E-state index contributed by atoms with van der Waals surface area (Å²) >= 11 is 0. The number of ketones is 1. The molecule has 0 atom stereocenters. The zero-order chi connectivity index (χ0) is 13.6. The lowest BCUT2D eigenvalue weighted by Crippen LogP contribution is -2.08. The van der Waals surface area contributed by atoms with Crippen molar-refractivity contribution >= 4 is 11.4 Å². The van der Waals surface area contributed by atoms with Crippen LogP contribution < -0.4 is 0 Å². The molecule has 0 radical (unpaired) electrons. The van der Waals surface area contributed by atoms with E-state index in [1.807, 2.05) is 6.92 Å². The van der Waals surface area contributed by atoms with E-state index in [9.17, 15) is 4.79 Å². The minimum Gasteiger partial charge on any atom is -0.294 e. The number of allylic oxidation sites excluding steroid dienone is 2. The van der Waals surface area contributed by atoms with Crippen molar-refractivity contribution < 1.29 is 4.79 Å². The van der Waals surface area contributed by atoms with Gasteiger partial charge in [-0.15, -0.1) is 0 Å². The van der Waals surface area contributed by atoms with Gasteiger partial charge >= 0.3 is 0 Å². The standard InChI is InChI=1S/C17H20O/c1-9-7-8-15(18)17-14(6)12(4)11(3)13(5)16(17)10(9)2/h1-2,7-8H2,3-6H3. The first kappa shape index (κ1) is 12.8. The second-order valence-electron chi connectivity index (χ2n) is 5.26. The minimum absolute atomic E-state index is 0.230. The van der Waals surface area contributed by atoms with Crippen LogP contribution in [-0.4, -0.2) is 5.78 Å². The highest BCUT2D eigenvalue weighted by Crippen LogP contribution is 2.38. The summed E-state index contributed by atoms with van der Waals surface area (Å²) in [5.74, 6) is 0.230. The predicted octanol–water partition coefficient (Wildman–Crippen LogP) is 4.47. The third-order valence-corrected chi connectivity index (χ3v) is 4.35. The lowest BCUT2D eigenvalue weighted by atomic mass is 9.84. The molecule has 0 saturated carbocycles. The quantitative estimate of drug-likeness (QED) is 0.612. The Bertz CT molecular complexity index is 588. The van der Waals surface area contributed by atoms with Crippen LogP contribution in [0.25, 0.3) is 5.57 Å². The fourth-order valence-electron chi connectivity index (χ4n) is 2.76. The van der Waals surface area contributed by atoms with Crippen molar-refractivity contribution in [3.05, 3.63) is 52.1 Å². The Morgan fingerprint density at radius 2 is 1.28 bits per heavy atom. The third kappa shape index (κ3) is 1.66. The number of rotatable bonds is 0. The molecule has 1 aliphatic carbocycles. The average Bonchev–Trinajstić information content (AvgIpc) is 2.45. The number of benzene rings is 1. The molecule has 0 fully saturated rings. The second kappa shape index (κ2) is 4.24. The van der Waals surface area contributed by atoms with Gasteiger partial charge in [0.1, 0.15) is 0 Å². The van der Waals surface area contributed by atoms with Gasteiger partial charge in [0.2, 0.25) is 0 Å². The zero-order valence-corrected chi connectivity index (χ0v) is 11.7. The Hall–Kier alpha value is -1.63. The van der Waals surface area contributed by atoms with E-state index in [0.717, 1.165) is 34.3 Å². The monoisotopic (exact) mass is 240 g/mol. The van der Waals surface area contributed by atoms with Gasteiger partial charge in [0.15, 0.2) is 5.78 Å². The summed E-state index contributed by atoms with van der Waals surface area (Å²) in [6.07, 6.45) is 1.27. The van der Waals surface area contributed by atoms with E-state index in [2.05, 4.69) is 33.9 Å². The van der Waals surface area contributed by atoms with Gasteiger partial charge in [-0.25, -0.2) is 0 Å². The van der Waals surface area contributed by atoms with Crippen molar-refractivity contribution in [1.29, 1.82) is 0 Å². The molecule has 94 valence electrons. The highest BCUT2D eigenvalue weighted by atomic mass is 16.1. The molecule has 0 aromatic heterocycles. The first-order valence-electron chi connectivity index (χ1n) is 6.37. The van der Waals surface area contributed by atoms with E-state index in [4.69, 9.17) is 0 Å².